The predicted molar refractivity (Wildman–Crippen MR) is 119 cm³/mol. The van der Waals surface area contributed by atoms with Crippen molar-refractivity contribution in [2.45, 2.75) is 37.5 Å². The van der Waals surface area contributed by atoms with Crippen LogP contribution in [0.2, 0.25) is 0 Å². The maximum Gasteiger partial charge on any atom is 0.233 e. The molecule has 1 aromatic carbocycles. The minimum Gasteiger partial charge on any atom is -0.338 e. The lowest BCUT2D eigenvalue weighted by Gasteiger charge is -2.26. The van der Waals surface area contributed by atoms with Crippen molar-refractivity contribution in [2.24, 2.45) is 0 Å². The third kappa shape index (κ3) is 5.45. The highest BCUT2D eigenvalue weighted by atomic mass is 32.2. The number of carbonyl (C=O) groups excluding carboxylic acids is 1. The fourth-order valence-electron chi connectivity index (χ4n) is 3.58. The van der Waals surface area contributed by atoms with Gasteiger partial charge in [-0.05, 0) is 58.6 Å². The zero-order valence-electron chi connectivity index (χ0n) is 18.2. The van der Waals surface area contributed by atoms with Crippen molar-refractivity contribution in [1.29, 1.82) is 0 Å². The molecule has 8 nitrogen and oxygen atoms in total. The first-order valence-corrected chi connectivity index (χ1v) is 12.9. The van der Waals surface area contributed by atoms with Crippen LogP contribution in [-0.4, -0.2) is 82.8 Å². The van der Waals surface area contributed by atoms with Crippen LogP contribution in [0.5, 0.6) is 0 Å². The highest BCUT2D eigenvalue weighted by Gasteiger charge is 2.34. The maximum absolute atomic E-state index is 13.5. The lowest BCUT2D eigenvalue weighted by Crippen LogP contribution is -2.42. The van der Waals surface area contributed by atoms with Gasteiger partial charge in [-0.2, -0.15) is 0 Å². The van der Waals surface area contributed by atoms with Gasteiger partial charge in [-0.1, -0.05) is 11.8 Å². The Morgan fingerprint density at radius 3 is 2.52 bits per heavy atom. The van der Waals surface area contributed by atoms with Crippen molar-refractivity contribution < 1.29 is 17.6 Å². The predicted octanol–water partition coefficient (Wildman–Crippen LogP) is 2.16. The number of sulfone groups is 1. The summed E-state index contributed by atoms with van der Waals surface area (Å²) in [6.45, 7) is 4.29. The van der Waals surface area contributed by atoms with E-state index in [1.807, 2.05) is 37.4 Å². The van der Waals surface area contributed by atoms with Crippen LogP contribution in [0.25, 0.3) is 5.69 Å². The van der Waals surface area contributed by atoms with Crippen LogP contribution in [0.3, 0.4) is 0 Å². The Kier molecular flexibility index (Phi) is 7.38. The van der Waals surface area contributed by atoms with Crippen LogP contribution < -0.4 is 0 Å². The quantitative estimate of drug-likeness (QED) is 0.548. The first-order valence-electron chi connectivity index (χ1n) is 10.1. The molecule has 2 atom stereocenters. The molecule has 1 aromatic heterocycles. The third-order valence-corrected chi connectivity index (χ3v) is 8.19. The second kappa shape index (κ2) is 9.66. The lowest BCUT2D eigenvalue weighted by atomic mass is 10.2. The molecule has 1 fully saturated rings. The fraction of sp³-hybridized carbons (Fsp3) is 0.550. The van der Waals surface area contributed by atoms with Crippen molar-refractivity contribution in [3.05, 3.63) is 35.9 Å². The SMILES string of the molecule is CCN(C(=O)CSc1nnc([C@H](C)N(C)C)n1-c1ccc(F)cc1)[C@H]1CCS(=O)(=O)C1. The molecular formula is C20H28FN5O3S2. The van der Waals surface area contributed by atoms with E-state index in [2.05, 4.69) is 10.2 Å². The molecule has 2 aromatic rings. The molecule has 11 heteroatoms. The Morgan fingerprint density at radius 2 is 1.97 bits per heavy atom. The molecule has 0 aliphatic carbocycles. The average molecular weight is 470 g/mol. The number of amides is 1. The summed E-state index contributed by atoms with van der Waals surface area (Å²) < 4.78 is 38.9. The standard InChI is InChI=1S/C20H28FN5O3S2/c1-5-25(17-10-11-31(28,29)13-17)18(27)12-30-20-23-22-19(14(2)24(3)4)26(20)16-8-6-15(21)7-9-16/h6-9,14,17H,5,10-13H2,1-4H3/t14-,17-/m0/s1. The number of hydrogen-bond donors (Lipinski definition) is 0. The van der Waals surface area contributed by atoms with E-state index in [1.165, 1.54) is 23.9 Å². The molecule has 0 radical (unpaired) electrons. The number of nitrogens with zero attached hydrogens (tertiary/aromatic N) is 5. The van der Waals surface area contributed by atoms with E-state index in [4.69, 9.17) is 0 Å². The van der Waals surface area contributed by atoms with Gasteiger partial charge in [0.15, 0.2) is 20.8 Å². The number of carbonyl (C=O) groups is 1. The molecule has 170 valence electrons. The molecular weight excluding hydrogens is 441 g/mol. The number of hydrogen-bond acceptors (Lipinski definition) is 7. The van der Waals surface area contributed by atoms with Crippen LogP contribution in [0.15, 0.2) is 29.4 Å². The van der Waals surface area contributed by atoms with E-state index >= 15 is 0 Å². The summed E-state index contributed by atoms with van der Waals surface area (Å²) in [7, 11) is 0.786. The Bertz CT molecular complexity index is 1020. The summed E-state index contributed by atoms with van der Waals surface area (Å²) in [5.41, 5.74) is 0.708. The van der Waals surface area contributed by atoms with E-state index < -0.39 is 9.84 Å². The molecule has 0 bridgehead atoms. The summed E-state index contributed by atoms with van der Waals surface area (Å²) in [6, 6.07) is 5.72. The van der Waals surface area contributed by atoms with Gasteiger partial charge in [0, 0.05) is 18.3 Å². The summed E-state index contributed by atoms with van der Waals surface area (Å²) in [5, 5.41) is 9.14. The van der Waals surface area contributed by atoms with Crippen molar-refractivity contribution >= 4 is 27.5 Å². The summed E-state index contributed by atoms with van der Waals surface area (Å²) in [6.07, 6.45) is 0.475. The zero-order valence-corrected chi connectivity index (χ0v) is 19.8. The van der Waals surface area contributed by atoms with Gasteiger partial charge in [-0.15, -0.1) is 10.2 Å². The monoisotopic (exact) mass is 469 g/mol. The van der Waals surface area contributed by atoms with E-state index in [1.54, 1.807) is 17.0 Å². The highest BCUT2D eigenvalue weighted by molar-refractivity contribution is 7.99. The molecule has 0 unspecified atom stereocenters. The lowest BCUT2D eigenvalue weighted by molar-refractivity contribution is -0.129. The Morgan fingerprint density at radius 1 is 1.29 bits per heavy atom. The first kappa shape index (κ1) is 23.7. The molecule has 31 heavy (non-hydrogen) atoms. The molecule has 0 saturated carbocycles. The zero-order chi connectivity index (χ0) is 22.8. The van der Waals surface area contributed by atoms with Crippen LogP contribution >= 0.6 is 11.8 Å². The minimum atomic E-state index is -3.07. The van der Waals surface area contributed by atoms with E-state index in [-0.39, 0.29) is 41.1 Å². The average Bonchev–Trinajstić information content (AvgIpc) is 3.30. The van der Waals surface area contributed by atoms with Crippen LogP contribution in [0.1, 0.15) is 32.1 Å². The molecule has 1 saturated heterocycles. The van der Waals surface area contributed by atoms with Gasteiger partial charge < -0.3 is 4.90 Å². The van der Waals surface area contributed by atoms with Crippen molar-refractivity contribution in [2.75, 3.05) is 37.9 Å². The third-order valence-electron chi connectivity index (χ3n) is 5.53. The largest absolute Gasteiger partial charge is 0.338 e. The van der Waals surface area contributed by atoms with Crippen LogP contribution in [0.4, 0.5) is 4.39 Å². The summed E-state index contributed by atoms with van der Waals surface area (Å²) in [4.78, 5) is 16.5. The van der Waals surface area contributed by atoms with Gasteiger partial charge in [-0.25, -0.2) is 12.8 Å². The van der Waals surface area contributed by atoms with E-state index in [9.17, 15) is 17.6 Å². The topological polar surface area (TPSA) is 88.4 Å². The van der Waals surface area contributed by atoms with E-state index in [0.29, 0.717) is 29.6 Å². The molecule has 1 aliphatic rings. The van der Waals surface area contributed by atoms with Crippen LogP contribution in [0, 0.1) is 5.82 Å². The van der Waals surface area contributed by atoms with Gasteiger partial charge in [0.2, 0.25) is 5.91 Å². The highest BCUT2D eigenvalue weighted by Crippen LogP contribution is 2.28. The number of halogens is 1. The second-order valence-corrected chi connectivity index (χ2v) is 11.0. The smallest absolute Gasteiger partial charge is 0.233 e. The van der Waals surface area contributed by atoms with Gasteiger partial charge >= 0.3 is 0 Å². The van der Waals surface area contributed by atoms with Crippen molar-refractivity contribution in [3.63, 3.8) is 0 Å². The van der Waals surface area contributed by atoms with Gasteiger partial charge in [0.05, 0.1) is 23.3 Å². The number of benzene rings is 1. The summed E-state index contributed by atoms with van der Waals surface area (Å²) in [5.74, 6) is 0.465. The van der Waals surface area contributed by atoms with Crippen molar-refractivity contribution in [1.82, 2.24) is 24.6 Å². The van der Waals surface area contributed by atoms with Gasteiger partial charge in [0.1, 0.15) is 5.82 Å². The van der Waals surface area contributed by atoms with Gasteiger partial charge in [-0.3, -0.25) is 14.3 Å². The molecule has 0 N–H and O–H groups in total. The number of thioether (sulfide) groups is 1. The first-order chi connectivity index (χ1) is 14.6. The number of rotatable bonds is 8. The second-order valence-electron chi connectivity index (χ2n) is 7.82. The maximum atomic E-state index is 13.5. The number of aromatic nitrogens is 3. The fourth-order valence-corrected chi connectivity index (χ4v) is 6.15. The summed E-state index contributed by atoms with van der Waals surface area (Å²) >= 11 is 1.24. The molecule has 1 amide bonds. The van der Waals surface area contributed by atoms with Gasteiger partial charge in [0.25, 0.3) is 0 Å². The Hall–Kier alpha value is -1.98. The Balaban J connectivity index is 1.82. The van der Waals surface area contributed by atoms with Crippen LogP contribution in [-0.2, 0) is 14.6 Å². The minimum absolute atomic E-state index is 0.0213. The normalized spacial score (nSPS) is 19.0. The molecule has 1 aliphatic heterocycles. The van der Waals surface area contributed by atoms with Crippen molar-refractivity contribution in [3.8, 4) is 5.69 Å². The van der Waals surface area contributed by atoms with E-state index in [0.717, 1.165) is 0 Å². The molecule has 2 heterocycles. The molecule has 3 rings (SSSR count). The Labute approximate surface area is 186 Å². The molecule has 0 spiro atoms.